The van der Waals surface area contributed by atoms with E-state index in [1.807, 2.05) is 0 Å². The Hall–Kier alpha value is -2.78. The Bertz CT molecular complexity index is 1030. The number of nitrogens with zero attached hydrogens (tertiary/aromatic N) is 2. The maximum absolute atomic E-state index is 13.0. The Labute approximate surface area is 169 Å². The molecule has 0 spiro atoms. The number of aliphatic hydroxyl groups excluding tert-OH is 1. The van der Waals surface area contributed by atoms with Crippen LogP contribution < -0.4 is 10.6 Å². The maximum Gasteiger partial charge on any atom is 0.417 e. The molecule has 3 N–H and O–H groups in total. The first-order chi connectivity index (χ1) is 13.6. The molecule has 1 atom stereocenters. The van der Waals surface area contributed by atoms with Crippen molar-refractivity contribution in [2.75, 3.05) is 17.2 Å². The maximum atomic E-state index is 13.0. The first-order valence-corrected chi connectivity index (χ1v) is 9.06. The second kappa shape index (κ2) is 8.30. The molecule has 0 fully saturated rings. The first kappa shape index (κ1) is 20.9. The Morgan fingerprint density at radius 3 is 2.69 bits per heavy atom. The zero-order chi connectivity index (χ0) is 21.2. The number of hydrogen-bond acceptors (Lipinski definition) is 4. The highest BCUT2D eigenvalue weighted by atomic mass is 35.5. The number of hydrogen-bond donors (Lipinski definition) is 3. The number of para-hydroxylation sites is 2. The third-order valence-corrected chi connectivity index (χ3v) is 4.40. The monoisotopic (exact) mass is 426 g/mol. The molecule has 1 heterocycles. The van der Waals surface area contributed by atoms with E-state index in [0.29, 0.717) is 17.0 Å². The lowest BCUT2D eigenvalue weighted by atomic mass is 10.2. The molecule has 3 rings (SSSR count). The molecule has 2 aromatic carbocycles. The quantitative estimate of drug-likeness (QED) is 0.553. The van der Waals surface area contributed by atoms with Crippen molar-refractivity contribution in [1.29, 1.82) is 0 Å². The molecule has 0 aliphatic carbocycles. The van der Waals surface area contributed by atoms with Crippen molar-refractivity contribution in [3.8, 4) is 0 Å². The molecule has 29 heavy (non-hydrogen) atoms. The first-order valence-electron chi connectivity index (χ1n) is 8.69. The fourth-order valence-corrected chi connectivity index (χ4v) is 3.00. The predicted molar refractivity (Wildman–Crippen MR) is 105 cm³/mol. The summed E-state index contributed by atoms with van der Waals surface area (Å²) >= 11 is 5.61. The molecule has 1 aromatic heterocycles. The average Bonchev–Trinajstić information content (AvgIpc) is 2.98. The van der Waals surface area contributed by atoms with Crippen LogP contribution in [0, 0.1) is 0 Å². The number of imidazole rings is 1. The number of aliphatic hydroxyl groups is 1. The Morgan fingerprint density at radius 1 is 1.28 bits per heavy atom. The summed E-state index contributed by atoms with van der Waals surface area (Å²) in [6.45, 7) is 1.63. The van der Waals surface area contributed by atoms with Crippen LogP contribution in [0.15, 0.2) is 42.5 Å². The van der Waals surface area contributed by atoms with E-state index in [9.17, 15) is 23.1 Å². The fraction of sp³-hybridized carbons (Fsp3) is 0.263. The number of carbonyl (C=O) groups is 1. The summed E-state index contributed by atoms with van der Waals surface area (Å²) in [5, 5.41) is 14.5. The molecule has 10 heteroatoms. The highest BCUT2D eigenvalue weighted by Crippen LogP contribution is 2.36. The van der Waals surface area contributed by atoms with Gasteiger partial charge in [0, 0.05) is 12.2 Å². The van der Waals surface area contributed by atoms with Crippen LogP contribution in [0.2, 0.25) is 5.02 Å². The molecule has 0 aliphatic rings. The smallest absolute Gasteiger partial charge is 0.392 e. The summed E-state index contributed by atoms with van der Waals surface area (Å²) < 4.78 is 40.6. The summed E-state index contributed by atoms with van der Waals surface area (Å²) in [6, 6.07) is 10.3. The van der Waals surface area contributed by atoms with Crippen LogP contribution in [0.1, 0.15) is 12.5 Å². The van der Waals surface area contributed by atoms with Crippen LogP contribution in [0.5, 0.6) is 0 Å². The van der Waals surface area contributed by atoms with Gasteiger partial charge in [0.1, 0.15) is 6.54 Å². The van der Waals surface area contributed by atoms with Crippen molar-refractivity contribution in [2.45, 2.75) is 25.7 Å². The van der Waals surface area contributed by atoms with E-state index in [-0.39, 0.29) is 18.8 Å². The number of carbonyl (C=O) groups excluding carboxylic acids is 1. The topological polar surface area (TPSA) is 79.2 Å². The Morgan fingerprint density at radius 2 is 2.00 bits per heavy atom. The molecular formula is C19H18ClF3N4O2. The van der Waals surface area contributed by atoms with Gasteiger partial charge in [0.25, 0.3) is 0 Å². The minimum absolute atomic E-state index is 0.0189. The third kappa shape index (κ3) is 4.99. The zero-order valence-electron chi connectivity index (χ0n) is 15.3. The molecule has 0 unspecified atom stereocenters. The number of amides is 1. The minimum Gasteiger partial charge on any atom is -0.392 e. The van der Waals surface area contributed by atoms with Gasteiger partial charge < -0.3 is 20.3 Å². The fourth-order valence-electron chi connectivity index (χ4n) is 2.77. The average molecular weight is 427 g/mol. The summed E-state index contributed by atoms with van der Waals surface area (Å²) in [4.78, 5) is 16.9. The number of anilines is 2. The second-order valence-electron chi connectivity index (χ2n) is 6.48. The number of benzene rings is 2. The highest BCUT2D eigenvalue weighted by Gasteiger charge is 2.33. The van der Waals surface area contributed by atoms with Crippen LogP contribution in [0.4, 0.5) is 24.8 Å². The van der Waals surface area contributed by atoms with E-state index in [0.717, 1.165) is 12.1 Å². The second-order valence-corrected chi connectivity index (χ2v) is 6.89. The molecule has 1 amide bonds. The van der Waals surface area contributed by atoms with Crippen molar-refractivity contribution in [2.24, 2.45) is 0 Å². The van der Waals surface area contributed by atoms with E-state index < -0.39 is 28.8 Å². The Balaban J connectivity index is 1.84. The molecule has 0 aliphatic heterocycles. The molecule has 0 radical (unpaired) electrons. The summed E-state index contributed by atoms with van der Waals surface area (Å²) in [7, 11) is 0. The van der Waals surface area contributed by atoms with Crippen LogP contribution >= 0.6 is 11.6 Å². The SMILES string of the molecule is C[C@@H](O)CNc1nc2ccccc2n1CC(=O)Nc1ccc(Cl)c(C(F)(F)F)c1. The molecule has 0 bridgehead atoms. The van der Waals surface area contributed by atoms with Gasteiger partial charge in [-0.3, -0.25) is 4.79 Å². The van der Waals surface area contributed by atoms with Crippen molar-refractivity contribution in [3.05, 3.63) is 53.1 Å². The normalized spacial score (nSPS) is 12.8. The summed E-state index contributed by atoms with van der Waals surface area (Å²) in [5.74, 6) is -0.168. The zero-order valence-corrected chi connectivity index (χ0v) is 16.1. The lowest BCUT2D eigenvalue weighted by molar-refractivity contribution is -0.137. The largest absolute Gasteiger partial charge is 0.417 e. The number of halogens is 4. The van der Waals surface area contributed by atoms with Gasteiger partial charge in [0.05, 0.1) is 27.7 Å². The van der Waals surface area contributed by atoms with E-state index in [2.05, 4.69) is 15.6 Å². The van der Waals surface area contributed by atoms with Gasteiger partial charge in [-0.2, -0.15) is 13.2 Å². The standard InChI is InChI=1S/C19H18ClF3N4O2/c1-11(28)9-24-18-26-15-4-2-3-5-16(15)27(18)10-17(29)25-12-6-7-14(20)13(8-12)19(21,22)23/h2-8,11,28H,9-10H2,1H3,(H,24,26)(H,25,29)/t11-/m1/s1. The van der Waals surface area contributed by atoms with Crippen molar-refractivity contribution < 1.29 is 23.1 Å². The number of fused-ring (bicyclic) bond motifs is 1. The van der Waals surface area contributed by atoms with Crippen molar-refractivity contribution in [3.63, 3.8) is 0 Å². The van der Waals surface area contributed by atoms with Gasteiger partial charge in [0.2, 0.25) is 11.9 Å². The molecule has 3 aromatic rings. The van der Waals surface area contributed by atoms with Crippen molar-refractivity contribution >= 4 is 40.2 Å². The van der Waals surface area contributed by atoms with Crippen LogP contribution in [0.3, 0.4) is 0 Å². The minimum atomic E-state index is -4.63. The van der Waals surface area contributed by atoms with E-state index >= 15 is 0 Å². The number of alkyl halides is 3. The summed E-state index contributed by atoms with van der Waals surface area (Å²) in [6.07, 6.45) is -5.26. The molecule has 6 nitrogen and oxygen atoms in total. The lowest BCUT2D eigenvalue weighted by Gasteiger charge is -2.14. The number of nitrogens with one attached hydrogen (secondary N) is 2. The van der Waals surface area contributed by atoms with Gasteiger partial charge in [0.15, 0.2) is 0 Å². The van der Waals surface area contributed by atoms with E-state index in [1.54, 1.807) is 35.8 Å². The van der Waals surface area contributed by atoms with E-state index in [4.69, 9.17) is 11.6 Å². The third-order valence-electron chi connectivity index (χ3n) is 4.07. The summed E-state index contributed by atoms with van der Waals surface area (Å²) in [5.41, 5.74) is 0.265. The van der Waals surface area contributed by atoms with Gasteiger partial charge in [-0.25, -0.2) is 4.98 Å². The van der Waals surface area contributed by atoms with Crippen LogP contribution in [-0.2, 0) is 17.5 Å². The van der Waals surface area contributed by atoms with Crippen LogP contribution in [0.25, 0.3) is 11.0 Å². The predicted octanol–water partition coefficient (Wildman–Crippen LogP) is 4.14. The number of rotatable bonds is 6. The molecule has 0 saturated carbocycles. The van der Waals surface area contributed by atoms with Crippen molar-refractivity contribution in [1.82, 2.24) is 9.55 Å². The Kier molecular flexibility index (Phi) is 5.99. The molecule has 0 saturated heterocycles. The molecule has 154 valence electrons. The van der Waals surface area contributed by atoms with Gasteiger partial charge in [-0.15, -0.1) is 0 Å². The van der Waals surface area contributed by atoms with Crippen LogP contribution in [-0.4, -0.2) is 33.2 Å². The highest BCUT2D eigenvalue weighted by molar-refractivity contribution is 6.31. The van der Waals surface area contributed by atoms with E-state index in [1.165, 1.54) is 6.07 Å². The molecular weight excluding hydrogens is 409 g/mol. The number of aromatic nitrogens is 2. The van der Waals surface area contributed by atoms with Gasteiger partial charge in [-0.05, 0) is 37.3 Å². The lowest BCUT2D eigenvalue weighted by Crippen LogP contribution is -2.22. The van der Waals surface area contributed by atoms with Gasteiger partial charge >= 0.3 is 6.18 Å². The van der Waals surface area contributed by atoms with Gasteiger partial charge in [-0.1, -0.05) is 23.7 Å².